The molecule has 112 valence electrons. The van der Waals surface area contributed by atoms with Crippen LogP contribution in [0.1, 0.15) is 52.9 Å². The van der Waals surface area contributed by atoms with E-state index in [1.165, 1.54) is 32.4 Å². The molecule has 4 nitrogen and oxygen atoms in total. The van der Waals surface area contributed by atoms with E-state index in [9.17, 15) is 4.79 Å². The van der Waals surface area contributed by atoms with Crippen molar-refractivity contribution in [1.29, 1.82) is 0 Å². The normalized spacial score (nSPS) is 19.9. The number of carbonyl (C=O) groups excluding carboxylic acids is 1. The average Bonchev–Trinajstić information content (AvgIpc) is 2.44. The summed E-state index contributed by atoms with van der Waals surface area (Å²) in [4.78, 5) is 14.3. The van der Waals surface area contributed by atoms with Crippen molar-refractivity contribution in [2.75, 3.05) is 26.2 Å². The van der Waals surface area contributed by atoms with E-state index in [-0.39, 0.29) is 12.0 Å². The van der Waals surface area contributed by atoms with E-state index >= 15 is 0 Å². The number of piperidine rings is 1. The van der Waals surface area contributed by atoms with Crippen molar-refractivity contribution >= 4 is 5.97 Å². The highest BCUT2D eigenvalue weighted by atomic mass is 16.5. The molecule has 1 N–H and O–H groups in total. The van der Waals surface area contributed by atoms with Crippen molar-refractivity contribution < 1.29 is 9.53 Å². The van der Waals surface area contributed by atoms with E-state index in [1.807, 2.05) is 6.92 Å². The molecule has 4 heteroatoms. The van der Waals surface area contributed by atoms with Gasteiger partial charge in [0.25, 0.3) is 0 Å². The summed E-state index contributed by atoms with van der Waals surface area (Å²) in [7, 11) is 0. The van der Waals surface area contributed by atoms with Crippen LogP contribution in [0.3, 0.4) is 0 Å². The van der Waals surface area contributed by atoms with Crippen molar-refractivity contribution in [3.63, 3.8) is 0 Å². The predicted octanol–water partition coefficient (Wildman–Crippen LogP) is 2.18. The maximum Gasteiger partial charge on any atom is 0.323 e. The van der Waals surface area contributed by atoms with Crippen molar-refractivity contribution in [1.82, 2.24) is 10.2 Å². The number of likely N-dealkylation sites (tertiary alicyclic amines) is 1. The fourth-order valence-corrected chi connectivity index (χ4v) is 2.64. The maximum absolute atomic E-state index is 11.8. The summed E-state index contributed by atoms with van der Waals surface area (Å²) in [5.41, 5.74) is 0. The SMILES string of the molecule is CCCC(NCC(C)N1CCCCC1)C(=O)OCC. The molecule has 1 rings (SSSR count). The molecular weight excluding hydrogens is 240 g/mol. The highest BCUT2D eigenvalue weighted by Crippen LogP contribution is 2.12. The summed E-state index contributed by atoms with van der Waals surface area (Å²) >= 11 is 0. The van der Waals surface area contributed by atoms with Crippen LogP contribution in [0.5, 0.6) is 0 Å². The molecule has 0 aromatic rings. The fraction of sp³-hybridized carbons (Fsp3) is 0.933. The van der Waals surface area contributed by atoms with Gasteiger partial charge in [0.15, 0.2) is 0 Å². The van der Waals surface area contributed by atoms with E-state index in [0.717, 1.165) is 19.4 Å². The number of esters is 1. The molecular formula is C15H30N2O2. The molecule has 0 aliphatic carbocycles. The van der Waals surface area contributed by atoms with Gasteiger partial charge >= 0.3 is 5.97 Å². The zero-order valence-corrected chi connectivity index (χ0v) is 12.8. The molecule has 2 atom stereocenters. The second-order valence-corrected chi connectivity index (χ2v) is 5.45. The first-order valence-corrected chi connectivity index (χ1v) is 7.83. The first-order chi connectivity index (χ1) is 9.19. The molecule has 0 bridgehead atoms. The van der Waals surface area contributed by atoms with Gasteiger partial charge in [-0.15, -0.1) is 0 Å². The standard InChI is InChI=1S/C15H30N2O2/c1-4-9-14(15(18)19-5-2)16-12-13(3)17-10-7-6-8-11-17/h13-14,16H,4-12H2,1-3H3. The second-order valence-electron chi connectivity index (χ2n) is 5.45. The third kappa shape index (κ3) is 5.91. The number of nitrogens with zero attached hydrogens (tertiary/aromatic N) is 1. The highest BCUT2D eigenvalue weighted by molar-refractivity contribution is 5.75. The minimum Gasteiger partial charge on any atom is -0.465 e. The molecule has 19 heavy (non-hydrogen) atoms. The molecule has 0 aromatic carbocycles. The van der Waals surface area contributed by atoms with Gasteiger partial charge in [-0.05, 0) is 46.2 Å². The molecule has 1 saturated heterocycles. The van der Waals surface area contributed by atoms with Crippen LogP contribution in [0, 0.1) is 0 Å². The first-order valence-electron chi connectivity index (χ1n) is 7.83. The van der Waals surface area contributed by atoms with Crippen LogP contribution in [0.15, 0.2) is 0 Å². The van der Waals surface area contributed by atoms with Crippen LogP contribution in [0.25, 0.3) is 0 Å². The molecule has 0 aromatic heterocycles. The number of nitrogens with one attached hydrogen (secondary N) is 1. The van der Waals surface area contributed by atoms with Gasteiger partial charge in [-0.2, -0.15) is 0 Å². The van der Waals surface area contributed by atoms with Crippen LogP contribution in [0.4, 0.5) is 0 Å². The molecule has 1 aliphatic heterocycles. The number of carbonyl (C=O) groups is 1. The summed E-state index contributed by atoms with van der Waals surface area (Å²) in [5, 5.41) is 3.39. The van der Waals surface area contributed by atoms with Crippen LogP contribution in [-0.4, -0.2) is 49.2 Å². The second kappa shape index (κ2) is 9.32. The molecule has 1 fully saturated rings. The lowest BCUT2D eigenvalue weighted by atomic mass is 10.1. The summed E-state index contributed by atoms with van der Waals surface area (Å²) < 4.78 is 5.12. The number of hydrogen-bond donors (Lipinski definition) is 1. The topological polar surface area (TPSA) is 41.6 Å². The summed E-state index contributed by atoms with van der Waals surface area (Å²) in [5.74, 6) is -0.102. The van der Waals surface area contributed by atoms with E-state index < -0.39 is 0 Å². The van der Waals surface area contributed by atoms with Gasteiger partial charge in [-0.1, -0.05) is 19.8 Å². The number of rotatable bonds is 8. The Bertz CT molecular complexity index is 253. The van der Waals surface area contributed by atoms with Crippen molar-refractivity contribution in [2.24, 2.45) is 0 Å². The number of hydrogen-bond acceptors (Lipinski definition) is 4. The molecule has 2 unspecified atom stereocenters. The molecule has 0 radical (unpaired) electrons. The van der Waals surface area contributed by atoms with E-state index in [2.05, 4.69) is 24.1 Å². The summed E-state index contributed by atoms with van der Waals surface area (Å²) in [6, 6.07) is 0.353. The molecule has 0 spiro atoms. The third-order valence-electron chi connectivity index (χ3n) is 3.82. The van der Waals surface area contributed by atoms with Gasteiger partial charge in [0.1, 0.15) is 6.04 Å². The Hall–Kier alpha value is -0.610. The highest BCUT2D eigenvalue weighted by Gasteiger charge is 2.21. The van der Waals surface area contributed by atoms with Gasteiger partial charge in [0, 0.05) is 12.6 Å². The Morgan fingerprint density at radius 1 is 1.26 bits per heavy atom. The van der Waals surface area contributed by atoms with E-state index in [4.69, 9.17) is 4.74 Å². The van der Waals surface area contributed by atoms with Crippen molar-refractivity contribution in [3.05, 3.63) is 0 Å². The predicted molar refractivity (Wildman–Crippen MR) is 78.2 cm³/mol. The zero-order chi connectivity index (χ0) is 14.1. The molecule has 0 saturated carbocycles. The zero-order valence-electron chi connectivity index (χ0n) is 12.8. The van der Waals surface area contributed by atoms with E-state index in [0.29, 0.717) is 12.6 Å². The van der Waals surface area contributed by atoms with Gasteiger partial charge in [-0.25, -0.2) is 0 Å². The Kier molecular flexibility index (Phi) is 8.07. The minimum atomic E-state index is -0.141. The Labute approximate surface area is 117 Å². The van der Waals surface area contributed by atoms with Crippen molar-refractivity contribution in [2.45, 2.75) is 65.0 Å². The summed E-state index contributed by atoms with van der Waals surface area (Å²) in [6.07, 6.45) is 5.82. The average molecular weight is 270 g/mol. The van der Waals surface area contributed by atoms with E-state index in [1.54, 1.807) is 0 Å². The first kappa shape index (κ1) is 16.4. The largest absolute Gasteiger partial charge is 0.465 e. The Balaban J connectivity index is 2.34. The van der Waals surface area contributed by atoms with Gasteiger partial charge in [0.2, 0.25) is 0 Å². The van der Waals surface area contributed by atoms with Gasteiger partial charge < -0.3 is 10.1 Å². The minimum absolute atomic E-state index is 0.102. The summed E-state index contributed by atoms with van der Waals surface area (Å²) in [6.45, 7) is 9.92. The maximum atomic E-state index is 11.8. The van der Waals surface area contributed by atoms with Crippen LogP contribution < -0.4 is 5.32 Å². The lowest BCUT2D eigenvalue weighted by molar-refractivity contribution is -0.145. The molecule has 1 heterocycles. The van der Waals surface area contributed by atoms with Gasteiger partial charge in [-0.3, -0.25) is 9.69 Å². The fourth-order valence-electron chi connectivity index (χ4n) is 2.64. The number of ether oxygens (including phenoxy) is 1. The molecule has 0 amide bonds. The Morgan fingerprint density at radius 2 is 1.95 bits per heavy atom. The quantitative estimate of drug-likeness (QED) is 0.686. The third-order valence-corrected chi connectivity index (χ3v) is 3.82. The monoisotopic (exact) mass is 270 g/mol. The molecule has 1 aliphatic rings. The van der Waals surface area contributed by atoms with Crippen LogP contribution >= 0.6 is 0 Å². The lowest BCUT2D eigenvalue weighted by Gasteiger charge is -2.33. The van der Waals surface area contributed by atoms with Crippen LogP contribution in [0.2, 0.25) is 0 Å². The van der Waals surface area contributed by atoms with Crippen LogP contribution in [-0.2, 0) is 9.53 Å². The Morgan fingerprint density at radius 3 is 2.53 bits per heavy atom. The lowest BCUT2D eigenvalue weighted by Crippen LogP contribution is -2.47. The van der Waals surface area contributed by atoms with Gasteiger partial charge in [0.05, 0.1) is 6.61 Å². The smallest absolute Gasteiger partial charge is 0.323 e. The van der Waals surface area contributed by atoms with Crippen molar-refractivity contribution in [3.8, 4) is 0 Å².